The maximum atomic E-state index is 2.43. The fourth-order valence-electron chi connectivity index (χ4n) is 6.25. The van der Waals surface area contributed by atoms with Crippen LogP contribution in [0, 0.1) is 27.7 Å². The lowest BCUT2D eigenvalue weighted by molar-refractivity contribution is 1.28. The number of aryl methyl sites for hydroxylation is 4. The molecule has 0 spiro atoms. The summed E-state index contributed by atoms with van der Waals surface area (Å²) in [6.07, 6.45) is 0. The van der Waals surface area contributed by atoms with Gasteiger partial charge in [-0.05, 0) is 88.4 Å². The highest BCUT2D eigenvalue weighted by Gasteiger charge is 2.25. The Bertz CT molecular complexity index is 1920. The van der Waals surface area contributed by atoms with Gasteiger partial charge in [-0.25, -0.2) is 0 Å². The van der Waals surface area contributed by atoms with Crippen molar-refractivity contribution in [2.45, 2.75) is 27.7 Å². The molecule has 44 heavy (non-hydrogen) atoms. The smallest absolute Gasteiger partial charge is 0.0620 e. The Morgan fingerprint density at radius 1 is 0.295 bits per heavy atom. The van der Waals surface area contributed by atoms with E-state index in [4.69, 9.17) is 0 Å². The minimum atomic E-state index is 1.13. The largest absolute Gasteiger partial charge is 0.309 e. The highest BCUT2D eigenvalue weighted by atomic mass is 15.2. The number of hydrogen-bond donors (Lipinski definition) is 0. The highest BCUT2D eigenvalue weighted by Crippen LogP contribution is 2.51. The molecule has 7 aromatic rings. The standard InChI is InChI=1S/C42H36N2/c1-29-15-21-35(22-16-29)43(33-11-7-5-8-12-33)41-37-25-19-32(4)28-40(37)42(38-26-20-31(3)27-39(38)41)44(34-13-9-6-10-14-34)36-23-17-30(2)18-24-36/h5-28H,1-4H3. The molecule has 2 nitrogen and oxygen atoms in total. The zero-order valence-corrected chi connectivity index (χ0v) is 25.8. The molecule has 0 unspecified atom stereocenters. The van der Waals surface area contributed by atoms with Gasteiger partial charge in [0.05, 0.1) is 11.4 Å². The maximum Gasteiger partial charge on any atom is 0.0620 e. The third-order valence-electron chi connectivity index (χ3n) is 8.43. The van der Waals surface area contributed by atoms with Crippen LogP contribution in [-0.2, 0) is 0 Å². The first kappa shape index (κ1) is 27.5. The molecule has 214 valence electrons. The predicted octanol–water partition coefficient (Wildman–Crippen LogP) is 12.2. The Morgan fingerprint density at radius 3 is 0.977 bits per heavy atom. The van der Waals surface area contributed by atoms with Crippen LogP contribution >= 0.6 is 0 Å². The van der Waals surface area contributed by atoms with Gasteiger partial charge in [0.2, 0.25) is 0 Å². The lowest BCUT2D eigenvalue weighted by Gasteiger charge is -2.33. The second-order valence-electron chi connectivity index (χ2n) is 11.8. The SMILES string of the molecule is Cc1ccc(N(c2ccccc2)c2c3ccc(C)cc3c(N(c3ccccc3)c3ccc(C)cc3)c3ccc(C)cc23)cc1. The lowest BCUT2D eigenvalue weighted by atomic mass is 9.93. The summed E-state index contributed by atoms with van der Waals surface area (Å²) in [6.45, 7) is 8.67. The van der Waals surface area contributed by atoms with E-state index in [1.807, 2.05) is 0 Å². The van der Waals surface area contributed by atoms with Crippen LogP contribution < -0.4 is 9.80 Å². The average Bonchev–Trinajstić information content (AvgIpc) is 3.05. The van der Waals surface area contributed by atoms with Gasteiger partial charge in [-0.15, -0.1) is 0 Å². The quantitative estimate of drug-likeness (QED) is 0.145. The number of hydrogen-bond acceptors (Lipinski definition) is 2. The average molecular weight is 569 g/mol. The molecule has 0 atom stereocenters. The monoisotopic (exact) mass is 568 g/mol. The van der Waals surface area contributed by atoms with E-state index < -0.39 is 0 Å². The van der Waals surface area contributed by atoms with Crippen LogP contribution in [0.2, 0.25) is 0 Å². The molecule has 0 saturated heterocycles. The second-order valence-corrected chi connectivity index (χ2v) is 11.8. The molecule has 0 aliphatic rings. The molecule has 7 aromatic carbocycles. The number of benzene rings is 7. The lowest BCUT2D eigenvalue weighted by Crippen LogP contribution is -2.14. The molecule has 0 aliphatic heterocycles. The summed E-state index contributed by atoms with van der Waals surface area (Å²) < 4.78 is 0. The zero-order valence-electron chi connectivity index (χ0n) is 25.8. The molecule has 0 saturated carbocycles. The van der Waals surface area contributed by atoms with Crippen molar-refractivity contribution in [1.82, 2.24) is 0 Å². The van der Waals surface area contributed by atoms with E-state index >= 15 is 0 Å². The van der Waals surface area contributed by atoms with Crippen LogP contribution in [0.15, 0.2) is 146 Å². The Hall–Kier alpha value is -5.34. The molecular weight excluding hydrogens is 532 g/mol. The van der Waals surface area contributed by atoms with Gasteiger partial charge in [-0.3, -0.25) is 0 Å². The number of para-hydroxylation sites is 2. The Morgan fingerprint density at radius 2 is 0.614 bits per heavy atom. The third kappa shape index (κ3) is 4.99. The van der Waals surface area contributed by atoms with Gasteiger partial charge in [0.1, 0.15) is 0 Å². The van der Waals surface area contributed by atoms with Gasteiger partial charge in [0.15, 0.2) is 0 Å². The van der Waals surface area contributed by atoms with Crippen molar-refractivity contribution in [1.29, 1.82) is 0 Å². The molecule has 0 fully saturated rings. The highest BCUT2D eigenvalue weighted by molar-refractivity contribution is 6.23. The van der Waals surface area contributed by atoms with Crippen LogP contribution in [-0.4, -0.2) is 0 Å². The molecule has 7 rings (SSSR count). The number of fused-ring (bicyclic) bond motifs is 2. The van der Waals surface area contributed by atoms with Gasteiger partial charge in [0, 0.05) is 44.3 Å². The number of rotatable bonds is 6. The molecule has 0 radical (unpaired) electrons. The van der Waals surface area contributed by atoms with Crippen molar-refractivity contribution in [2.75, 3.05) is 9.80 Å². The molecule has 2 heteroatoms. The topological polar surface area (TPSA) is 6.48 Å². The molecule has 0 N–H and O–H groups in total. The third-order valence-corrected chi connectivity index (χ3v) is 8.43. The second kappa shape index (κ2) is 11.4. The van der Waals surface area contributed by atoms with Crippen molar-refractivity contribution < 1.29 is 0 Å². The van der Waals surface area contributed by atoms with Crippen molar-refractivity contribution in [2.24, 2.45) is 0 Å². The first-order chi connectivity index (χ1) is 21.5. The minimum Gasteiger partial charge on any atom is -0.309 e. The van der Waals surface area contributed by atoms with Crippen LogP contribution in [0.1, 0.15) is 22.3 Å². The van der Waals surface area contributed by atoms with Crippen molar-refractivity contribution in [3.63, 3.8) is 0 Å². The maximum absolute atomic E-state index is 2.43. The van der Waals surface area contributed by atoms with Crippen LogP contribution in [0.3, 0.4) is 0 Å². The summed E-state index contributed by atoms with van der Waals surface area (Å²) in [5, 5.41) is 4.85. The van der Waals surface area contributed by atoms with Crippen LogP contribution in [0.5, 0.6) is 0 Å². The fourth-order valence-corrected chi connectivity index (χ4v) is 6.25. The van der Waals surface area contributed by atoms with Crippen molar-refractivity contribution in [3.05, 3.63) is 168 Å². The van der Waals surface area contributed by atoms with Gasteiger partial charge in [-0.2, -0.15) is 0 Å². The minimum absolute atomic E-state index is 1.13. The molecular formula is C42H36N2. The zero-order chi connectivity index (χ0) is 30.2. The fraction of sp³-hybridized carbons (Fsp3) is 0.0952. The van der Waals surface area contributed by atoms with Gasteiger partial charge in [-0.1, -0.05) is 107 Å². The van der Waals surface area contributed by atoms with E-state index in [-0.39, 0.29) is 0 Å². The summed E-state index contributed by atoms with van der Waals surface area (Å²) in [4.78, 5) is 4.86. The molecule has 0 heterocycles. The number of nitrogens with zero attached hydrogens (tertiary/aromatic N) is 2. The van der Waals surface area contributed by atoms with Gasteiger partial charge in [0.25, 0.3) is 0 Å². The van der Waals surface area contributed by atoms with E-state index in [0.717, 1.165) is 22.7 Å². The van der Waals surface area contributed by atoms with Crippen molar-refractivity contribution >= 4 is 55.7 Å². The van der Waals surface area contributed by atoms with E-state index in [1.165, 1.54) is 55.2 Å². The Labute approximate surface area is 260 Å². The molecule has 0 aliphatic carbocycles. The normalized spacial score (nSPS) is 11.2. The van der Waals surface area contributed by atoms with E-state index in [0.29, 0.717) is 0 Å². The molecule has 0 bridgehead atoms. The van der Waals surface area contributed by atoms with Crippen LogP contribution in [0.25, 0.3) is 21.5 Å². The molecule has 0 amide bonds. The summed E-state index contributed by atoms with van der Waals surface area (Å²) in [7, 11) is 0. The van der Waals surface area contributed by atoms with E-state index in [2.05, 4.69) is 183 Å². The van der Waals surface area contributed by atoms with Crippen LogP contribution in [0.4, 0.5) is 34.1 Å². The van der Waals surface area contributed by atoms with Gasteiger partial charge >= 0.3 is 0 Å². The summed E-state index contributed by atoms with van der Waals surface area (Å²) >= 11 is 0. The summed E-state index contributed by atoms with van der Waals surface area (Å²) in [5.41, 5.74) is 11.9. The van der Waals surface area contributed by atoms with Crippen molar-refractivity contribution in [3.8, 4) is 0 Å². The Balaban J connectivity index is 1.65. The Kier molecular flexibility index (Phi) is 7.12. The van der Waals surface area contributed by atoms with E-state index in [1.54, 1.807) is 0 Å². The van der Waals surface area contributed by atoms with E-state index in [9.17, 15) is 0 Å². The first-order valence-electron chi connectivity index (χ1n) is 15.3. The molecule has 0 aromatic heterocycles. The van der Waals surface area contributed by atoms with Gasteiger partial charge < -0.3 is 9.80 Å². The predicted molar refractivity (Wildman–Crippen MR) is 190 cm³/mol. The number of anilines is 6. The summed E-state index contributed by atoms with van der Waals surface area (Å²) in [6, 6.07) is 53.1. The first-order valence-corrected chi connectivity index (χ1v) is 15.3. The summed E-state index contributed by atoms with van der Waals surface area (Å²) in [5.74, 6) is 0.